The third kappa shape index (κ3) is 3.86. The maximum atomic E-state index is 11.4. The molecule has 19 heavy (non-hydrogen) atoms. The minimum atomic E-state index is -0.279. The number of hydroxylamine groups is 1. The molecule has 104 valence electrons. The highest BCUT2D eigenvalue weighted by Gasteiger charge is 2.21. The van der Waals surface area contributed by atoms with Gasteiger partial charge in [-0.05, 0) is 31.9 Å². The number of piperidine rings is 1. The second kappa shape index (κ2) is 6.43. The third-order valence-corrected chi connectivity index (χ3v) is 3.35. The molecule has 2 N–H and O–H groups in total. The number of anilines is 1. The van der Waals surface area contributed by atoms with Crippen LogP contribution in [0.4, 0.5) is 10.5 Å². The summed E-state index contributed by atoms with van der Waals surface area (Å²) in [5, 5.41) is 2.91. The fourth-order valence-electron chi connectivity index (χ4n) is 2.39. The second-order valence-corrected chi connectivity index (χ2v) is 4.90. The van der Waals surface area contributed by atoms with Crippen molar-refractivity contribution in [3.05, 3.63) is 29.8 Å². The second-order valence-electron chi connectivity index (χ2n) is 4.90. The van der Waals surface area contributed by atoms with Crippen molar-refractivity contribution >= 4 is 11.7 Å². The van der Waals surface area contributed by atoms with Gasteiger partial charge >= 0.3 is 6.03 Å². The maximum absolute atomic E-state index is 11.4. The first-order valence-corrected chi connectivity index (χ1v) is 6.60. The molecular formula is C14H21N3O2. The zero-order valence-corrected chi connectivity index (χ0v) is 11.5. The van der Waals surface area contributed by atoms with Crippen molar-refractivity contribution in [2.45, 2.75) is 25.8 Å². The number of amides is 2. The van der Waals surface area contributed by atoms with E-state index in [0.717, 1.165) is 25.9 Å². The van der Waals surface area contributed by atoms with Gasteiger partial charge in [0.25, 0.3) is 0 Å². The molecule has 1 aromatic carbocycles. The van der Waals surface area contributed by atoms with Crippen LogP contribution in [0, 0.1) is 6.92 Å². The van der Waals surface area contributed by atoms with Crippen LogP contribution in [-0.4, -0.2) is 32.3 Å². The van der Waals surface area contributed by atoms with Crippen LogP contribution in [0.15, 0.2) is 24.3 Å². The molecule has 0 unspecified atom stereocenters. The third-order valence-electron chi connectivity index (χ3n) is 3.35. The Balaban J connectivity index is 1.93. The number of hydrogen-bond donors (Lipinski definition) is 2. The van der Waals surface area contributed by atoms with Crippen LogP contribution in [0.2, 0.25) is 0 Å². The number of carbonyl (C=O) groups is 1. The van der Waals surface area contributed by atoms with E-state index in [2.05, 4.69) is 51.7 Å². The summed E-state index contributed by atoms with van der Waals surface area (Å²) in [4.78, 5) is 18.3. The number of aryl methyl sites for hydroxylation is 1. The Labute approximate surface area is 113 Å². The average Bonchev–Trinajstić information content (AvgIpc) is 2.40. The molecule has 1 saturated heterocycles. The van der Waals surface area contributed by atoms with E-state index in [-0.39, 0.29) is 12.1 Å². The Morgan fingerprint density at radius 3 is 2.79 bits per heavy atom. The number of carbonyl (C=O) groups excluding carboxylic acids is 1. The number of hydrogen-bond acceptors (Lipinski definition) is 3. The summed E-state index contributed by atoms with van der Waals surface area (Å²) in [6.45, 7) is 3.95. The minimum Gasteiger partial charge on any atom is -0.369 e. The van der Waals surface area contributed by atoms with Crippen LogP contribution in [0.1, 0.15) is 18.4 Å². The first kappa shape index (κ1) is 13.7. The first-order chi connectivity index (χ1) is 9.19. The van der Waals surface area contributed by atoms with E-state index in [0.29, 0.717) is 0 Å². The van der Waals surface area contributed by atoms with E-state index in [9.17, 15) is 4.79 Å². The molecule has 0 aliphatic carbocycles. The van der Waals surface area contributed by atoms with Crippen molar-refractivity contribution in [3.8, 4) is 0 Å². The van der Waals surface area contributed by atoms with E-state index < -0.39 is 0 Å². The number of benzene rings is 1. The quantitative estimate of drug-likeness (QED) is 0.818. The van der Waals surface area contributed by atoms with E-state index >= 15 is 0 Å². The Hall–Kier alpha value is -1.75. The lowest BCUT2D eigenvalue weighted by atomic mass is 10.0. The normalized spacial score (nSPS) is 19.1. The summed E-state index contributed by atoms with van der Waals surface area (Å²) in [6, 6.07) is 8.37. The zero-order chi connectivity index (χ0) is 13.7. The fourth-order valence-corrected chi connectivity index (χ4v) is 2.39. The molecule has 1 fully saturated rings. The summed E-state index contributed by atoms with van der Waals surface area (Å²) in [6.07, 6.45) is 2.07. The molecular weight excluding hydrogens is 242 g/mol. The monoisotopic (exact) mass is 263 g/mol. The molecule has 0 bridgehead atoms. The van der Waals surface area contributed by atoms with Gasteiger partial charge in [0, 0.05) is 24.8 Å². The molecule has 1 atom stereocenters. The summed E-state index contributed by atoms with van der Waals surface area (Å²) in [7, 11) is 1.43. The SMILES string of the molecule is CONC(=O)N[C@H]1CCCN(c2ccc(C)cc2)C1. The Morgan fingerprint density at radius 2 is 2.11 bits per heavy atom. The van der Waals surface area contributed by atoms with Crippen LogP contribution in [0.3, 0.4) is 0 Å². The van der Waals surface area contributed by atoms with E-state index in [1.165, 1.54) is 18.4 Å². The molecule has 0 saturated carbocycles. The van der Waals surface area contributed by atoms with Gasteiger partial charge in [0.1, 0.15) is 0 Å². The Morgan fingerprint density at radius 1 is 1.37 bits per heavy atom. The minimum absolute atomic E-state index is 0.158. The highest BCUT2D eigenvalue weighted by Crippen LogP contribution is 2.20. The van der Waals surface area contributed by atoms with Gasteiger partial charge in [0.05, 0.1) is 7.11 Å². The molecule has 5 heteroatoms. The van der Waals surface area contributed by atoms with Crippen LogP contribution in [-0.2, 0) is 4.84 Å². The predicted octanol–water partition coefficient (Wildman–Crippen LogP) is 1.82. The zero-order valence-electron chi connectivity index (χ0n) is 11.5. The first-order valence-electron chi connectivity index (χ1n) is 6.60. The molecule has 0 radical (unpaired) electrons. The van der Waals surface area contributed by atoms with Gasteiger partial charge in [-0.15, -0.1) is 0 Å². The molecule has 1 aromatic rings. The van der Waals surface area contributed by atoms with E-state index in [1.54, 1.807) is 0 Å². The lowest BCUT2D eigenvalue weighted by molar-refractivity contribution is 0.105. The molecule has 1 heterocycles. The van der Waals surface area contributed by atoms with Gasteiger partial charge in [-0.3, -0.25) is 4.84 Å². The fraction of sp³-hybridized carbons (Fsp3) is 0.500. The number of rotatable bonds is 3. The largest absolute Gasteiger partial charge is 0.369 e. The number of urea groups is 1. The number of nitrogens with zero attached hydrogens (tertiary/aromatic N) is 1. The smallest absolute Gasteiger partial charge is 0.338 e. The van der Waals surface area contributed by atoms with Crippen LogP contribution in [0.5, 0.6) is 0 Å². The topological polar surface area (TPSA) is 53.6 Å². The summed E-state index contributed by atoms with van der Waals surface area (Å²) in [5.41, 5.74) is 4.76. The summed E-state index contributed by atoms with van der Waals surface area (Å²) < 4.78 is 0. The molecule has 2 rings (SSSR count). The van der Waals surface area contributed by atoms with Gasteiger partial charge in [-0.2, -0.15) is 0 Å². The standard InChI is InChI=1S/C14H21N3O2/c1-11-5-7-13(8-6-11)17-9-3-4-12(10-17)15-14(18)16-19-2/h5-8,12H,3-4,9-10H2,1-2H3,(H2,15,16,18)/t12-/m0/s1. The lowest BCUT2D eigenvalue weighted by Crippen LogP contribution is -2.50. The van der Waals surface area contributed by atoms with Crippen molar-refractivity contribution in [2.24, 2.45) is 0 Å². The molecule has 2 amide bonds. The number of nitrogens with one attached hydrogen (secondary N) is 2. The predicted molar refractivity (Wildman–Crippen MR) is 75.1 cm³/mol. The van der Waals surface area contributed by atoms with Crippen molar-refractivity contribution in [1.29, 1.82) is 0 Å². The molecule has 1 aliphatic heterocycles. The van der Waals surface area contributed by atoms with Crippen molar-refractivity contribution in [1.82, 2.24) is 10.8 Å². The molecule has 0 aromatic heterocycles. The van der Waals surface area contributed by atoms with Gasteiger partial charge in [0.15, 0.2) is 0 Å². The van der Waals surface area contributed by atoms with Crippen LogP contribution < -0.4 is 15.7 Å². The van der Waals surface area contributed by atoms with E-state index in [1.807, 2.05) is 0 Å². The van der Waals surface area contributed by atoms with Gasteiger partial charge < -0.3 is 10.2 Å². The highest BCUT2D eigenvalue weighted by molar-refractivity contribution is 5.73. The maximum Gasteiger partial charge on any atom is 0.338 e. The van der Waals surface area contributed by atoms with Crippen LogP contribution in [0.25, 0.3) is 0 Å². The molecule has 5 nitrogen and oxygen atoms in total. The van der Waals surface area contributed by atoms with E-state index in [4.69, 9.17) is 0 Å². The lowest BCUT2D eigenvalue weighted by Gasteiger charge is -2.34. The van der Waals surface area contributed by atoms with Gasteiger partial charge in [0.2, 0.25) is 0 Å². The summed E-state index contributed by atoms with van der Waals surface area (Å²) >= 11 is 0. The highest BCUT2D eigenvalue weighted by atomic mass is 16.6. The summed E-state index contributed by atoms with van der Waals surface area (Å²) in [5.74, 6) is 0. The molecule has 0 spiro atoms. The Kier molecular flexibility index (Phi) is 4.63. The Bertz CT molecular complexity index is 419. The van der Waals surface area contributed by atoms with Gasteiger partial charge in [-0.25, -0.2) is 10.3 Å². The van der Waals surface area contributed by atoms with Crippen LogP contribution >= 0.6 is 0 Å². The van der Waals surface area contributed by atoms with Gasteiger partial charge in [-0.1, -0.05) is 17.7 Å². The average molecular weight is 263 g/mol. The van der Waals surface area contributed by atoms with Crippen molar-refractivity contribution in [3.63, 3.8) is 0 Å². The molecule has 1 aliphatic rings. The van der Waals surface area contributed by atoms with Crippen molar-refractivity contribution in [2.75, 3.05) is 25.1 Å². The van der Waals surface area contributed by atoms with Crippen molar-refractivity contribution < 1.29 is 9.63 Å².